The Morgan fingerprint density at radius 1 is 1.08 bits per heavy atom. The summed E-state index contributed by atoms with van der Waals surface area (Å²) in [5, 5.41) is 32.8. The first kappa shape index (κ1) is 42.7. The Morgan fingerprint density at radius 3 is 2.46 bits per heavy atom. The minimum atomic E-state index is -2.16. The van der Waals surface area contributed by atoms with Gasteiger partial charge in [-0.05, 0) is 82.9 Å². The number of pyridine rings is 1. The molecule has 5 aliphatic carbocycles. The van der Waals surface area contributed by atoms with Crippen molar-refractivity contribution in [1.29, 1.82) is 0 Å². The number of fused-ring (bicyclic) bond motifs is 6. The van der Waals surface area contributed by atoms with Crippen LogP contribution in [0.1, 0.15) is 88.5 Å². The largest absolute Gasteiger partial charge is 0.492 e. The average Bonchev–Trinajstić information content (AvgIpc) is 4.02. The number of Topliss-reactive ketones (excluding diaryl/α,β-unsaturated/α-hetero) is 1. The van der Waals surface area contributed by atoms with Crippen LogP contribution in [-0.4, -0.2) is 117 Å². The number of carboxylic acid groups (broad SMARTS) is 1. The standard InChI is InChI=1S/C44H52F2N4O11/c1-22-19-48(13-14-49(22)34(54)17-31(47)39(56)57)36-30(45)16-26-35(38(36)60-4)50(24-6-7-24)20-27(37(26)55)40(58)61-21-33(53)43(59)12-10-28-29-8-5-23-15-25(51)9-11-41(23,2)44(29,46)32(52)18-42(28,43)3/h9,11,15-16,20,22,24,28-29,31-32,52,59H,5-8,10,12-14,17-19,21,47H2,1-4H3,(H,56,57)/t22?,28-,29-,31+,32-,41-,42-,43-,44-/m0/s1. The number of aromatic nitrogens is 1. The van der Waals surface area contributed by atoms with Crippen LogP contribution in [-0.2, 0) is 23.9 Å². The number of anilines is 1. The number of methoxy groups -OCH3 is 1. The zero-order valence-corrected chi connectivity index (χ0v) is 34.6. The number of esters is 1. The van der Waals surface area contributed by atoms with E-state index in [4.69, 9.17) is 20.3 Å². The van der Waals surface area contributed by atoms with E-state index in [1.807, 2.05) is 0 Å². The smallest absolute Gasteiger partial charge is 0.344 e. The number of allylic oxidation sites excluding steroid dienone is 4. The Hall–Kier alpha value is -5.00. The molecule has 1 saturated heterocycles. The first-order valence-corrected chi connectivity index (χ1v) is 20.9. The third-order valence-electron chi connectivity index (χ3n) is 15.1. The molecule has 1 aromatic heterocycles. The Labute approximate surface area is 350 Å². The van der Waals surface area contributed by atoms with Gasteiger partial charge in [-0.15, -0.1) is 0 Å². The van der Waals surface area contributed by atoms with Gasteiger partial charge in [0.2, 0.25) is 17.1 Å². The number of ether oxygens (including phenoxy) is 2. The maximum atomic E-state index is 17.5. The summed E-state index contributed by atoms with van der Waals surface area (Å²) in [5.74, 6) is -6.05. The zero-order valence-electron chi connectivity index (χ0n) is 34.6. The summed E-state index contributed by atoms with van der Waals surface area (Å²) in [6, 6.07) is -0.981. The molecular formula is C44H52F2N4O11. The van der Waals surface area contributed by atoms with E-state index in [9.17, 15) is 39.0 Å². The van der Waals surface area contributed by atoms with Crippen molar-refractivity contribution >= 4 is 46.0 Å². The molecule has 8 rings (SSSR count). The number of hydrogen-bond donors (Lipinski definition) is 4. The van der Waals surface area contributed by atoms with Crippen LogP contribution in [0.4, 0.5) is 14.5 Å². The van der Waals surface area contributed by atoms with Crippen molar-refractivity contribution in [2.24, 2.45) is 28.4 Å². The Balaban J connectivity index is 1.03. The quantitative estimate of drug-likeness (QED) is 0.253. The second-order valence-corrected chi connectivity index (χ2v) is 18.3. The van der Waals surface area contributed by atoms with Crippen LogP contribution in [0.5, 0.6) is 5.75 Å². The number of aliphatic hydroxyl groups excluding tert-OH is 1. The first-order chi connectivity index (χ1) is 28.7. The first-order valence-electron chi connectivity index (χ1n) is 20.9. The maximum absolute atomic E-state index is 17.5. The van der Waals surface area contributed by atoms with E-state index in [0.29, 0.717) is 31.3 Å². The highest BCUT2D eigenvalue weighted by molar-refractivity contribution is 6.01. The van der Waals surface area contributed by atoms with Gasteiger partial charge in [0.25, 0.3) is 0 Å². The number of carbonyl (C=O) groups is 5. The molecule has 1 unspecified atom stereocenters. The van der Waals surface area contributed by atoms with Crippen molar-refractivity contribution in [1.82, 2.24) is 9.47 Å². The molecule has 6 aliphatic rings. The number of rotatable bonds is 10. The number of halogens is 2. The average molecular weight is 851 g/mol. The van der Waals surface area contributed by atoms with E-state index in [1.165, 1.54) is 36.4 Å². The number of amides is 1. The van der Waals surface area contributed by atoms with Crippen LogP contribution in [0.15, 0.2) is 40.9 Å². The Bertz CT molecular complexity index is 2380. The number of carbonyl (C=O) groups excluding carboxylic acids is 4. The number of aliphatic hydroxyl groups is 2. The molecule has 15 nitrogen and oxygen atoms in total. The molecule has 5 fully saturated rings. The van der Waals surface area contributed by atoms with Crippen molar-refractivity contribution in [3.05, 3.63) is 57.7 Å². The zero-order chi connectivity index (χ0) is 44.1. The van der Waals surface area contributed by atoms with Crippen molar-refractivity contribution in [2.45, 2.75) is 108 Å². The van der Waals surface area contributed by atoms with Gasteiger partial charge in [-0.2, -0.15) is 0 Å². The molecule has 0 spiro atoms. The van der Waals surface area contributed by atoms with Crippen molar-refractivity contribution < 1.29 is 57.5 Å². The van der Waals surface area contributed by atoms with Gasteiger partial charge in [0.15, 0.2) is 29.6 Å². The molecular weight excluding hydrogens is 798 g/mol. The van der Waals surface area contributed by atoms with Gasteiger partial charge in [-0.3, -0.25) is 24.0 Å². The molecule has 328 valence electrons. The van der Waals surface area contributed by atoms with Gasteiger partial charge in [0.1, 0.15) is 22.9 Å². The number of nitrogens with two attached hydrogens (primary N) is 1. The molecule has 61 heavy (non-hydrogen) atoms. The predicted molar refractivity (Wildman–Crippen MR) is 215 cm³/mol. The van der Waals surface area contributed by atoms with E-state index in [1.54, 1.807) is 30.2 Å². The van der Waals surface area contributed by atoms with Crippen molar-refractivity contribution in [3.8, 4) is 5.75 Å². The predicted octanol–water partition coefficient (Wildman–Crippen LogP) is 3.15. The second kappa shape index (κ2) is 14.8. The van der Waals surface area contributed by atoms with Crippen LogP contribution in [0.25, 0.3) is 10.9 Å². The second-order valence-electron chi connectivity index (χ2n) is 18.3. The lowest BCUT2D eigenvalue weighted by atomic mass is 9.44. The molecule has 5 N–H and O–H groups in total. The lowest BCUT2D eigenvalue weighted by Gasteiger charge is -2.62. The van der Waals surface area contributed by atoms with Crippen molar-refractivity contribution in [2.75, 3.05) is 38.3 Å². The van der Waals surface area contributed by atoms with E-state index in [2.05, 4.69) is 0 Å². The highest BCUT2D eigenvalue weighted by Gasteiger charge is 2.74. The number of nitrogens with zero attached hydrogens (tertiary/aromatic N) is 3. The SMILES string of the molecule is COc1c(N2CCN(C(=O)C[C@@H](N)C(=O)O)C(C)C2)c(F)cc2c(=O)c(C(=O)OCC(=O)[C@@]3(O)CC[C@H]4[C@@H]5CCC6=CC(=O)C=C[C@]6(C)[C@@]5(F)[C@@H](O)C[C@@]43C)cn(C3CC3)c12. The molecule has 1 amide bonds. The number of benzene rings is 1. The maximum Gasteiger partial charge on any atom is 0.344 e. The summed E-state index contributed by atoms with van der Waals surface area (Å²) in [6.45, 7) is 4.60. The van der Waals surface area contributed by atoms with E-state index < -0.39 is 106 Å². The normalized spacial score (nSPS) is 33.7. The van der Waals surface area contributed by atoms with Gasteiger partial charge in [0.05, 0.1) is 30.5 Å². The van der Waals surface area contributed by atoms with Gasteiger partial charge >= 0.3 is 11.9 Å². The summed E-state index contributed by atoms with van der Waals surface area (Å²) < 4.78 is 46.7. The summed E-state index contributed by atoms with van der Waals surface area (Å²) in [7, 11) is 1.33. The molecule has 4 saturated carbocycles. The molecule has 2 aromatic rings. The highest BCUT2D eigenvalue weighted by atomic mass is 19.1. The summed E-state index contributed by atoms with van der Waals surface area (Å²) in [4.78, 5) is 81.3. The number of carboxylic acids is 1. The van der Waals surface area contributed by atoms with Crippen LogP contribution in [0, 0.1) is 28.5 Å². The molecule has 9 atom stereocenters. The lowest BCUT2D eigenvalue weighted by molar-refractivity contribution is -0.217. The molecule has 0 radical (unpaired) electrons. The molecule has 1 aliphatic heterocycles. The van der Waals surface area contributed by atoms with Crippen molar-refractivity contribution in [3.63, 3.8) is 0 Å². The summed E-state index contributed by atoms with van der Waals surface area (Å²) in [5.41, 5.74) is -1.64. The fraction of sp³-hybridized carbons (Fsp3) is 0.591. The van der Waals surface area contributed by atoms with Gasteiger partial charge < -0.3 is 44.9 Å². The minimum Gasteiger partial charge on any atom is -0.492 e. The van der Waals surface area contributed by atoms with Crippen LogP contribution in [0.2, 0.25) is 0 Å². The highest BCUT2D eigenvalue weighted by Crippen LogP contribution is 2.69. The summed E-state index contributed by atoms with van der Waals surface area (Å²) >= 11 is 0. The number of hydrogen-bond acceptors (Lipinski definition) is 12. The minimum absolute atomic E-state index is 0.0411. The van der Waals surface area contributed by atoms with Crippen LogP contribution < -0.4 is 20.8 Å². The third kappa shape index (κ3) is 6.35. The number of aliphatic carboxylic acids is 1. The van der Waals surface area contributed by atoms with Crippen LogP contribution in [0.3, 0.4) is 0 Å². The van der Waals surface area contributed by atoms with E-state index in [-0.39, 0.29) is 73.1 Å². The number of ketones is 2. The molecule has 17 heteroatoms. The number of alkyl halides is 1. The molecule has 1 aromatic carbocycles. The third-order valence-corrected chi connectivity index (χ3v) is 15.1. The van der Waals surface area contributed by atoms with Gasteiger partial charge in [-0.25, -0.2) is 13.6 Å². The Kier molecular flexibility index (Phi) is 10.4. The molecule has 2 heterocycles. The fourth-order valence-corrected chi connectivity index (χ4v) is 11.6. The van der Waals surface area contributed by atoms with Crippen LogP contribution >= 0.6 is 0 Å². The monoisotopic (exact) mass is 850 g/mol. The number of piperazine rings is 1. The Morgan fingerprint density at radius 2 is 1.80 bits per heavy atom. The van der Waals surface area contributed by atoms with Gasteiger partial charge in [0, 0.05) is 54.7 Å². The fourth-order valence-electron chi connectivity index (χ4n) is 11.6. The molecule has 0 bridgehead atoms. The topological polar surface area (TPSA) is 219 Å². The van der Waals surface area contributed by atoms with Gasteiger partial charge in [-0.1, -0.05) is 18.6 Å². The van der Waals surface area contributed by atoms with E-state index >= 15 is 8.78 Å². The lowest BCUT2D eigenvalue weighted by Crippen LogP contribution is -2.69. The summed E-state index contributed by atoms with van der Waals surface area (Å²) in [6.07, 6.45) is 5.64. The van der Waals surface area contributed by atoms with E-state index in [0.717, 1.165) is 6.07 Å².